The molecule has 2 heterocycles. The van der Waals surface area contributed by atoms with Gasteiger partial charge in [0.15, 0.2) is 6.61 Å². The zero-order valence-electron chi connectivity index (χ0n) is 17.1. The Morgan fingerprint density at radius 1 is 1.22 bits per heavy atom. The number of aromatic nitrogens is 1. The smallest absolute Gasteiger partial charge is 0.255 e. The number of nitrogens with one attached hydrogen (secondary N) is 1. The lowest BCUT2D eigenvalue weighted by Crippen LogP contribution is -2.41. The van der Waals surface area contributed by atoms with Crippen LogP contribution in [0.3, 0.4) is 0 Å². The lowest BCUT2D eigenvalue weighted by molar-refractivity contribution is -0.122. The fraction of sp³-hybridized carbons (Fsp3) is 0.304. The van der Waals surface area contributed by atoms with Crippen molar-refractivity contribution in [2.24, 2.45) is 34.2 Å². The first-order valence-electron chi connectivity index (χ1n) is 10.4. The second-order valence-electron chi connectivity index (χ2n) is 8.34. The van der Waals surface area contributed by atoms with Crippen molar-refractivity contribution < 1.29 is 14.3 Å². The Hall–Kier alpha value is -3.39. The lowest BCUT2D eigenvalue weighted by atomic mass is 9.88. The van der Waals surface area contributed by atoms with Crippen LogP contribution in [-0.4, -0.2) is 35.2 Å². The highest BCUT2D eigenvalue weighted by Gasteiger charge is 2.48. The summed E-state index contributed by atoms with van der Waals surface area (Å²) in [5.74, 6) is -0.221. The Labute approximate surface area is 189 Å². The molecule has 5 N–H and O–H groups in total. The van der Waals surface area contributed by atoms with Crippen molar-refractivity contribution in [2.45, 2.75) is 18.9 Å². The molecule has 32 heavy (non-hydrogen) atoms. The standard InChI is InChI=1S/C23H22ClN5O3/c24-15-9-27-17-8-16(11-2-1-3-14(7-11)32-10-18(25)30)28-22(17)21(15)29-20-13-5-4-12(6-13)19(20)23(26)31/h1-5,7,9,12-13,19-20H,6,8,10H2,(H2,25,30)(H2,26,31)(H,27,29)/t12-,13+,19+,20-/m1/s1. The number of primary amides is 2. The predicted molar refractivity (Wildman–Crippen MR) is 121 cm³/mol. The summed E-state index contributed by atoms with van der Waals surface area (Å²) >= 11 is 6.51. The highest BCUT2D eigenvalue weighted by molar-refractivity contribution is 6.34. The van der Waals surface area contributed by atoms with Crippen LogP contribution in [0.2, 0.25) is 5.02 Å². The Balaban J connectivity index is 1.44. The molecule has 164 valence electrons. The number of benzene rings is 1. The van der Waals surface area contributed by atoms with Crippen LogP contribution in [0.5, 0.6) is 5.75 Å². The summed E-state index contributed by atoms with van der Waals surface area (Å²) < 4.78 is 5.41. The van der Waals surface area contributed by atoms with Crippen molar-refractivity contribution in [3.05, 3.63) is 58.9 Å². The molecular formula is C23H22ClN5O3. The quantitative estimate of drug-likeness (QED) is 0.556. The maximum absolute atomic E-state index is 12.1. The first-order chi connectivity index (χ1) is 15.4. The molecule has 1 aliphatic heterocycles. The zero-order chi connectivity index (χ0) is 22.4. The second-order valence-corrected chi connectivity index (χ2v) is 8.75. The van der Waals surface area contributed by atoms with Gasteiger partial charge in [0.25, 0.3) is 5.91 Å². The molecule has 4 atom stereocenters. The van der Waals surface area contributed by atoms with Gasteiger partial charge >= 0.3 is 0 Å². The number of fused-ring (bicyclic) bond motifs is 3. The number of halogens is 1. The molecule has 0 unspecified atom stereocenters. The first-order valence-corrected chi connectivity index (χ1v) is 10.8. The van der Waals surface area contributed by atoms with Gasteiger partial charge in [0.1, 0.15) is 11.4 Å². The van der Waals surface area contributed by atoms with Crippen molar-refractivity contribution in [1.29, 1.82) is 0 Å². The number of hydrogen-bond donors (Lipinski definition) is 3. The Morgan fingerprint density at radius 3 is 2.81 bits per heavy atom. The number of anilines is 1. The number of pyridine rings is 1. The second kappa shape index (κ2) is 7.94. The third-order valence-electron chi connectivity index (χ3n) is 6.31. The number of hydrogen-bond acceptors (Lipinski definition) is 6. The summed E-state index contributed by atoms with van der Waals surface area (Å²) in [6.07, 6.45) is 7.26. The van der Waals surface area contributed by atoms with Gasteiger partial charge in [-0.3, -0.25) is 14.6 Å². The summed E-state index contributed by atoms with van der Waals surface area (Å²) in [4.78, 5) is 32.4. The number of carbonyl (C=O) groups is 2. The summed E-state index contributed by atoms with van der Waals surface area (Å²) in [5, 5.41) is 3.93. The number of amides is 2. The number of carbonyl (C=O) groups excluding carboxylic acids is 2. The van der Waals surface area contributed by atoms with E-state index in [2.05, 4.69) is 22.5 Å². The Bertz CT molecular complexity index is 1180. The maximum Gasteiger partial charge on any atom is 0.255 e. The van der Waals surface area contributed by atoms with Gasteiger partial charge in [0.05, 0.1) is 28.0 Å². The number of ether oxygens (including phenoxy) is 1. The van der Waals surface area contributed by atoms with Crippen LogP contribution in [0.15, 0.2) is 47.6 Å². The lowest BCUT2D eigenvalue weighted by Gasteiger charge is -2.28. The maximum atomic E-state index is 12.1. The molecule has 3 aliphatic rings. The van der Waals surface area contributed by atoms with Gasteiger partial charge in [-0.2, -0.15) is 0 Å². The van der Waals surface area contributed by atoms with E-state index in [1.807, 2.05) is 18.2 Å². The molecule has 1 aromatic carbocycles. The monoisotopic (exact) mass is 451 g/mol. The van der Waals surface area contributed by atoms with Gasteiger partial charge in [0, 0.05) is 24.2 Å². The molecule has 9 heteroatoms. The van der Waals surface area contributed by atoms with Crippen LogP contribution in [0.25, 0.3) is 0 Å². The van der Waals surface area contributed by atoms with E-state index >= 15 is 0 Å². The summed E-state index contributed by atoms with van der Waals surface area (Å²) in [6.45, 7) is -0.194. The van der Waals surface area contributed by atoms with E-state index in [0.717, 1.165) is 23.4 Å². The van der Waals surface area contributed by atoms with Crippen LogP contribution in [0.4, 0.5) is 11.4 Å². The molecule has 2 bridgehead atoms. The van der Waals surface area contributed by atoms with Gasteiger partial charge in [-0.25, -0.2) is 4.99 Å². The molecule has 8 nitrogen and oxygen atoms in total. The van der Waals surface area contributed by atoms with E-state index in [9.17, 15) is 9.59 Å². The number of nitrogens with two attached hydrogens (primary N) is 2. The van der Waals surface area contributed by atoms with Crippen LogP contribution < -0.4 is 21.5 Å². The van der Waals surface area contributed by atoms with E-state index in [1.54, 1.807) is 12.3 Å². The number of allylic oxidation sites excluding steroid dienone is 1. The van der Waals surface area contributed by atoms with Gasteiger partial charge in [0.2, 0.25) is 5.91 Å². The van der Waals surface area contributed by atoms with Crippen LogP contribution in [0, 0.1) is 17.8 Å². The number of nitrogens with zero attached hydrogens (tertiary/aromatic N) is 2. The van der Waals surface area contributed by atoms with Crippen LogP contribution in [0.1, 0.15) is 17.7 Å². The minimum absolute atomic E-state index is 0.128. The average molecular weight is 452 g/mol. The van der Waals surface area contributed by atoms with E-state index in [4.69, 9.17) is 32.8 Å². The van der Waals surface area contributed by atoms with Crippen LogP contribution >= 0.6 is 11.6 Å². The van der Waals surface area contributed by atoms with E-state index in [0.29, 0.717) is 28.6 Å². The van der Waals surface area contributed by atoms with Gasteiger partial charge in [-0.15, -0.1) is 0 Å². The number of aliphatic imine (C=N–C) groups is 1. The summed E-state index contributed by atoms with van der Waals surface area (Å²) in [6, 6.07) is 7.18. The third-order valence-corrected chi connectivity index (χ3v) is 6.60. The zero-order valence-corrected chi connectivity index (χ0v) is 17.9. The molecule has 5 rings (SSSR count). The van der Waals surface area contributed by atoms with Crippen molar-refractivity contribution in [3.63, 3.8) is 0 Å². The van der Waals surface area contributed by atoms with Crippen molar-refractivity contribution in [3.8, 4) is 5.75 Å². The molecule has 2 amide bonds. The summed E-state index contributed by atoms with van der Waals surface area (Å²) in [7, 11) is 0. The fourth-order valence-electron chi connectivity index (χ4n) is 4.90. The highest BCUT2D eigenvalue weighted by Crippen LogP contribution is 2.47. The van der Waals surface area contributed by atoms with Crippen LogP contribution in [-0.2, 0) is 16.0 Å². The Kier molecular flexibility index (Phi) is 5.09. The van der Waals surface area contributed by atoms with Crippen molar-refractivity contribution in [2.75, 3.05) is 11.9 Å². The average Bonchev–Trinajstić information content (AvgIpc) is 3.49. The summed E-state index contributed by atoms with van der Waals surface area (Å²) in [5.41, 5.74) is 14.7. The topological polar surface area (TPSA) is 133 Å². The molecule has 2 aromatic rings. The molecule has 0 spiro atoms. The molecule has 0 radical (unpaired) electrons. The SMILES string of the molecule is NC(=O)COc1cccc(C2=Nc3c(ncc(Cl)c3N[C@H]3[C@@H](C(N)=O)[C@@H]4C=C[C@H]3C4)C2)c1. The largest absolute Gasteiger partial charge is 0.484 e. The van der Waals surface area contributed by atoms with Gasteiger partial charge < -0.3 is 21.5 Å². The number of rotatable bonds is 7. The van der Waals surface area contributed by atoms with E-state index in [-0.39, 0.29) is 36.3 Å². The highest BCUT2D eigenvalue weighted by atomic mass is 35.5. The van der Waals surface area contributed by atoms with E-state index < -0.39 is 5.91 Å². The van der Waals surface area contributed by atoms with Crippen molar-refractivity contribution in [1.82, 2.24) is 4.98 Å². The first kappa shape index (κ1) is 20.5. The van der Waals surface area contributed by atoms with Crippen molar-refractivity contribution >= 4 is 40.5 Å². The predicted octanol–water partition coefficient (Wildman–Crippen LogP) is 2.36. The molecular weight excluding hydrogens is 430 g/mol. The minimum atomic E-state index is -0.541. The van der Waals surface area contributed by atoms with E-state index in [1.165, 1.54) is 0 Å². The molecule has 1 saturated carbocycles. The molecule has 2 aliphatic carbocycles. The van der Waals surface area contributed by atoms with Gasteiger partial charge in [-0.05, 0) is 30.4 Å². The molecule has 0 saturated heterocycles. The normalized spacial score (nSPS) is 24.8. The fourth-order valence-corrected chi connectivity index (χ4v) is 5.09. The Morgan fingerprint density at radius 2 is 2.03 bits per heavy atom. The minimum Gasteiger partial charge on any atom is -0.484 e. The molecule has 1 aromatic heterocycles. The van der Waals surface area contributed by atoms with Gasteiger partial charge in [-0.1, -0.05) is 35.9 Å². The third kappa shape index (κ3) is 3.60. The molecule has 1 fully saturated rings.